The molecular weight excluding hydrogens is 108 g/mol. The van der Waals surface area contributed by atoms with E-state index in [0.29, 0.717) is 0 Å². The molecule has 0 radical (unpaired) electrons. The van der Waals surface area contributed by atoms with E-state index in [1.807, 2.05) is 0 Å². The molecule has 0 aromatic rings. The summed E-state index contributed by atoms with van der Waals surface area (Å²) in [7, 11) is 0. The molecule has 0 atom stereocenters. The Morgan fingerprint density at radius 1 is 1.50 bits per heavy atom. The van der Waals surface area contributed by atoms with E-state index in [2.05, 4.69) is 0 Å². The van der Waals surface area contributed by atoms with Gasteiger partial charge in [0.1, 0.15) is 0 Å². The molecule has 0 aliphatic heterocycles. The first-order chi connectivity index (χ1) is 1.41. The van der Waals surface area contributed by atoms with Crippen molar-refractivity contribution >= 4 is 0 Å². The van der Waals surface area contributed by atoms with Crippen LogP contribution in [-0.4, -0.2) is 10.7 Å². The molecule has 0 rings (SSSR count). The third-order valence-electron chi connectivity index (χ3n) is 0. The van der Waals surface area contributed by atoms with E-state index in [0.717, 1.165) is 0 Å². The SMILES string of the molecule is O.O=NO.[H-].[H-].[Na+].[Na+]. The van der Waals surface area contributed by atoms with Crippen molar-refractivity contribution in [2.24, 2.45) is 5.34 Å². The summed E-state index contributed by atoms with van der Waals surface area (Å²) < 4.78 is 0. The zero-order valence-corrected chi connectivity index (χ0v) is 7.80. The van der Waals surface area contributed by atoms with Gasteiger partial charge in [0, 0.05) is 0 Å². The average Bonchev–Trinajstić information content (AvgIpc) is 0.918. The van der Waals surface area contributed by atoms with E-state index in [1.165, 1.54) is 5.34 Å². The van der Waals surface area contributed by atoms with Crippen LogP contribution >= 0.6 is 0 Å². The summed E-state index contributed by atoms with van der Waals surface area (Å²) >= 11 is 0. The molecule has 0 saturated carbocycles. The van der Waals surface area contributed by atoms with Crippen molar-refractivity contribution in [2.75, 3.05) is 0 Å². The monoisotopic (exact) mass is 113 g/mol. The van der Waals surface area contributed by atoms with Crippen molar-refractivity contribution in [2.45, 2.75) is 0 Å². The quantitative estimate of drug-likeness (QED) is 0.192. The molecule has 0 aromatic heterocycles. The van der Waals surface area contributed by atoms with Crippen LogP contribution in [0.3, 0.4) is 0 Å². The topological polar surface area (TPSA) is 81.2 Å². The molecule has 0 amide bonds. The van der Waals surface area contributed by atoms with Gasteiger partial charge in [-0.25, -0.2) is 0 Å². The van der Waals surface area contributed by atoms with E-state index < -0.39 is 0 Å². The van der Waals surface area contributed by atoms with Crippen molar-refractivity contribution < 1.29 is 72.7 Å². The van der Waals surface area contributed by atoms with Crippen molar-refractivity contribution in [1.29, 1.82) is 0 Å². The number of rotatable bonds is 0. The normalized spacial score (nSPS) is 2.00. The van der Waals surface area contributed by atoms with E-state index in [1.54, 1.807) is 0 Å². The van der Waals surface area contributed by atoms with E-state index >= 15 is 0 Å². The van der Waals surface area contributed by atoms with Gasteiger partial charge in [-0.05, 0) is 0 Å². The Balaban J connectivity index is -0.00000000200. The van der Waals surface area contributed by atoms with Crippen LogP contribution in [0.1, 0.15) is 2.85 Å². The molecule has 0 unspecified atom stereocenters. The number of hydrogen-bond donors (Lipinski definition) is 1. The minimum absolute atomic E-state index is 0. The predicted molar refractivity (Wildman–Crippen MR) is 13.4 cm³/mol. The third-order valence-corrected chi connectivity index (χ3v) is 0. The summed E-state index contributed by atoms with van der Waals surface area (Å²) in [4.78, 5) is 8.11. The van der Waals surface area contributed by atoms with Gasteiger partial charge >= 0.3 is 59.1 Å². The second-order valence-corrected chi connectivity index (χ2v) is 0.0816. The molecule has 0 aliphatic rings. The molecular formula is H5NNa2O3. The Kier molecular flexibility index (Phi) is 144. The Labute approximate surface area is 82.1 Å². The molecule has 30 valence electrons. The maximum Gasteiger partial charge on any atom is 1.00 e. The second-order valence-electron chi connectivity index (χ2n) is 0.0816. The van der Waals surface area contributed by atoms with Gasteiger partial charge in [0.05, 0.1) is 0 Å². The summed E-state index contributed by atoms with van der Waals surface area (Å²) in [6.45, 7) is 0. The first kappa shape index (κ1) is 26.4. The van der Waals surface area contributed by atoms with Crippen LogP contribution in [0.2, 0.25) is 0 Å². The third kappa shape index (κ3) is 55.1. The molecule has 0 aliphatic carbocycles. The maximum absolute atomic E-state index is 8.11. The van der Waals surface area contributed by atoms with Crippen LogP contribution < -0.4 is 59.1 Å². The van der Waals surface area contributed by atoms with Crippen LogP contribution in [-0.2, 0) is 0 Å². The van der Waals surface area contributed by atoms with E-state index in [-0.39, 0.29) is 67.4 Å². The smallest absolute Gasteiger partial charge is 1.00 e. The first-order valence-corrected chi connectivity index (χ1v) is 0.383. The Morgan fingerprint density at radius 3 is 1.50 bits per heavy atom. The van der Waals surface area contributed by atoms with Gasteiger partial charge in [-0.2, -0.15) is 0 Å². The van der Waals surface area contributed by atoms with Crippen molar-refractivity contribution in [3.8, 4) is 0 Å². The van der Waals surface area contributed by atoms with Crippen LogP contribution in [0.15, 0.2) is 5.34 Å². The molecule has 0 fully saturated rings. The molecule has 6 heteroatoms. The zero-order valence-electron chi connectivity index (χ0n) is 5.80. The first-order valence-electron chi connectivity index (χ1n) is 0.383. The van der Waals surface area contributed by atoms with Crippen molar-refractivity contribution in [3.63, 3.8) is 0 Å². The Bertz CT molecular complexity index is 22.8. The fourth-order valence-electron chi connectivity index (χ4n) is 0. The van der Waals surface area contributed by atoms with Gasteiger partial charge in [0.25, 0.3) is 0 Å². The summed E-state index contributed by atoms with van der Waals surface area (Å²) in [5, 5.41) is 7.89. The van der Waals surface area contributed by atoms with Gasteiger partial charge < -0.3 is 13.5 Å². The van der Waals surface area contributed by atoms with Gasteiger partial charge in [0.15, 0.2) is 5.34 Å². The molecule has 0 aromatic carbocycles. The minimum Gasteiger partial charge on any atom is -1.00 e. The Morgan fingerprint density at radius 2 is 1.50 bits per heavy atom. The van der Waals surface area contributed by atoms with Crippen LogP contribution in [0.5, 0.6) is 0 Å². The molecule has 6 heavy (non-hydrogen) atoms. The summed E-state index contributed by atoms with van der Waals surface area (Å²) in [6, 6.07) is 0. The van der Waals surface area contributed by atoms with Crippen molar-refractivity contribution in [3.05, 3.63) is 4.91 Å². The molecule has 0 bridgehead atoms. The van der Waals surface area contributed by atoms with Gasteiger partial charge in [0.2, 0.25) is 0 Å². The molecule has 3 N–H and O–H groups in total. The standard InChI is InChI=1S/HNO2.2Na.H2O.2H/c2-1-3;;;;;/h(H,2,3);;;1H2;;/q;2*+1;;2*-1. The van der Waals surface area contributed by atoms with Crippen LogP contribution in [0.25, 0.3) is 0 Å². The zero-order chi connectivity index (χ0) is 2.71. The second kappa shape index (κ2) is 32.8. The molecule has 0 spiro atoms. The van der Waals surface area contributed by atoms with Gasteiger partial charge in [-0.1, -0.05) is 0 Å². The fraction of sp³-hybridized carbons (Fsp3) is 0. The summed E-state index contributed by atoms with van der Waals surface area (Å²) in [5.41, 5.74) is 0. The van der Waals surface area contributed by atoms with Crippen LogP contribution in [0.4, 0.5) is 0 Å². The summed E-state index contributed by atoms with van der Waals surface area (Å²) in [6.07, 6.45) is 0. The number of nitrogens with zero attached hydrogens (tertiary/aromatic N) is 1. The van der Waals surface area contributed by atoms with Crippen molar-refractivity contribution in [1.82, 2.24) is 0 Å². The van der Waals surface area contributed by atoms with Gasteiger partial charge in [-0.15, -0.1) is 4.91 Å². The van der Waals surface area contributed by atoms with Crippen LogP contribution in [0, 0.1) is 4.91 Å². The summed E-state index contributed by atoms with van der Waals surface area (Å²) in [5.74, 6) is 0. The molecule has 0 saturated heterocycles. The predicted octanol–water partition coefficient (Wildman–Crippen LogP) is -6.45. The fourth-order valence-corrected chi connectivity index (χ4v) is 0. The average molecular weight is 113 g/mol. The number of hydrogen-bond acceptors (Lipinski definition) is 2. The Hall–Kier alpha value is 1.36. The largest absolute Gasteiger partial charge is 1.00 e. The molecule has 0 heterocycles. The molecule has 4 nitrogen and oxygen atoms in total. The van der Waals surface area contributed by atoms with Gasteiger partial charge in [-0.3, -0.25) is 0 Å². The minimum atomic E-state index is 0. The maximum atomic E-state index is 8.11. The van der Waals surface area contributed by atoms with E-state index in [4.69, 9.17) is 10.1 Å². The van der Waals surface area contributed by atoms with E-state index in [9.17, 15) is 0 Å².